The minimum atomic E-state index is -0.264. The molecule has 1 aliphatic heterocycles. The van der Waals surface area contributed by atoms with Gasteiger partial charge in [0.1, 0.15) is 35.8 Å². The molecular formula is C20H20N2O5. The van der Waals surface area contributed by atoms with Crippen molar-refractivity contribution < 1.29 is 23.8 Å². The maximum absolute atomic E-state index is 12.0. The number of fused-ring (bicyclic) bond motifs is 3. The molecule has 0 saturated heterocycles. The molecule has 3 unspecified atom stereocenters. The number of pyridine rings is 1. The minimum absolute atomic E-state index is 0.0692. The third-order valence-corrected chi connectivity index (χ3v) is 4.81. The fourth-order valence-corrected chi connectivity index (χ4v) is 3.44. The second-order valence-corrected chi connectivity index (χ2v) is 6.50. The molecule has 2 aliphatic rings. The third kappa shape index (κ3) is 3.20. The molecule has 2 aromatic rings. The molecule has 1 aromatic heterocycles. The van der Waals surface area contributed by atoms with Gasteiger partial charge < -0.3 is 19.5 Å². The van der Waals surface area contributed by atoms with E-state index in [1.807, 2.05) is 18.2 Å². The van der Waals surface area contributed by atoms with Gasteiger partial charge in [0.25, 0.3) is 5.91 Å². The van der Waals surface area contributed by atoms with Crippen LogP contribution in [-0.2, 0) is 16.1 Å². The molecule has 4 rings (SSSR count). The van der Waals surface area contributed by atoms with Gasteiger partial charge in [-0.3, -0.25) is 14.6 Å². The highest BCUT2D eigenvalue weighted by Crippen LogP contribution is 2.58. The van der Waals surface area contributed by atoms with Crippen LogP contribution in [0.3, 0.4) is 0 Å². The second-order valence-electron chi connectivity index (χ2n) is 6.50. The van der Waals surface area contributed by atoms with Gasteiger partial charge in [0.2, 0.25) is 0 Å². The van der Waals surface area contributed by atoms with Crippen LogP contribution >= 0.6 is 0 Å². The number of amides is 1. The van der Waals surface area contributed by atoms with Gasteiger partial charge >= 0.3 is 5.97 Å². The molecule has 140 valence electrons. The van der Waals surface area contributed by atoms with Gasteiger partial charge in [0.15, 0.2) is 0 Å². The molecule has 3 atom stereocenters. The van der Waals surface area contributed by atoms with Crippen LogP contribution in [0.2, 0.25) is 0 Å². The Kier molecular flexibility index (Phi) is 4.43. The topological polar surface area (TPSA) is 86.8 Å². The van der Waals surface area contributed by atoms with Crippen LogP contribution in [-0.4, -0.2) is 36.6 Å². The molecule has 0 bridgehead atoms. The Morgan fingerprint density at radius 1 is 1.26 bits per heavy atom. The molecule has 0 spiro atoms. The normalized spacial score (nSPS) is 21.5. The number of carbonyl (C=O) groups is 2. The van der Waals surface area contributed by atoms with Crippen molar-refractivity contribution in [2.24, 2.45) is 5.92 Å². The lowest BCUT2D eigenvalue weighted by Crippen LogP contribution is -2.19. The van der Waals surface area contributed by atoms with Crippen LogP contribution in [0.1, 0.15) is 34.5 Å². The molecule has 1 amide bonds. The number of benzene rings is 1. The van der Waals surface area contributed by atoms with E-state index >= 15 is 0 Å². The highest BCUT2D eigenvalue weighted by Gasteiger charge is 2.63. The van der Waals surface area contributed by atoms with Crippen LogP contribution in [0, 0.1) is 5.92 Å². The zero-order chi connectivity index (χ0) is 19.0. The van der Waals surface area contributed by atoms with Crippen LogP contribution in [0.4, 0.5) is 0 Å². The van der Waals surface area contributed by atoms with Crippen LogP contribution < -0.4 is 14.8 Å². The summed E-state index contributed by atoms with van der Waals surface area (Å²) in [6.45, 7) is 2.51. The number of hydrogen-bond acceptors (Lipinski definition) is 6. The summed E-state index contributed by atoms with van der Waals surface area (Å²) in [4.78, 5) is 27.6. The summed E-state index contributed by atoms with van der Waals surface area (Å²) in [6.07, 6.45) is 1.43. The molecule has 1 fully saturated rings. The van der Waals surface area contributed by atoms with Crippen LogP contribution in [0.15, 0.2) is 36.5 Å². The number of aromatic nitrogens is 1. The molecule has 1 aromatic carbocycles. The summed E-state index contributed by atoms with van der Waals surface area (Å²) in [5.41, 5.74) is 2.29. The summed E-state index contributed by atoms with van der Waals surface area (Å²) in [5.74, 6) is 0.788. The first-order chi connectivity index (χ1) is 13.1. The number of carbonyl (C=O) groups excluding carboxylic acids is 2. The van der Waals surface area contributed by atoms with E-state index in [0.717, 1.165) is 16.9 Å². The van der Waals surface area contributed by atoms with E-state index in [0.29, 0.717) is 24.7 Å². The third-order valence-electron chi connectivity index (χ3n) is 4.81. The Balaban J connectivity index is 1.44. The van der Waals surface area contributed by atoms with Crippen molar-refractivity contribution in [3.63, 3.8) is 0 Å². The van der Waals surface area contributed by atoms with Gasteiger partial charge in [-0.2, -0.15) is 0 Å². The summed E-state index contributed by atoms with van der Waals surface area (Å²) in [6, 6.07) is 9.16. The molecule has 1 saturated carbocycles. The number of nitrogens with one attached hydrogen (secondary N) is 1. The Bertz CT molecular complexity index is 898. The molecular weight excluding hydrogens is 348 g/mol. The average Bonchev–Trinajstić information content (AvgIpc) is 3.29. The van der Waals surface area contributed by atoms with Crippen LogP contribution in [0.25, 0.3) is 0 Å². The number of esters is 1. The predicted molar refractivity (Wildman–Crippen MR) is 95.7 cm³/mol. The molecule has 2 heterocycles. The molecule has 7 nitrogen and oxygen atoms in total. The highest BCUT2D eigenvalue weighted by molar-refractivity contribution is 5.92. The Morgan fingerprint density at radius 2 is 2.11 bits per heavy atom. The fourth-order valence-electron chi connectivity index (χ4n) is 3.44. The zero-order valence-electron chi connectivity index (χ0n) is 15.1. The fraction of sp³-hybridized carbons (Fsp3) is 0.350. The predicted octanol–water partition coefficient (Wildman–Crippen LogP) is 2.06. The Morgan fingerprint density at radius 3 is 2.89 bits per heavy atom. The summed E-state index contributed by atoms with van der Waals surface area (Å²) in [5, 5.41) is 2.53. The van der Waals surface area contributed by atoms with E-state index in [2.05, 4.69) is 10.3 Å². The minimum Gasteiger partial charge on any atom is -0.489 e. The number of hydrogen-bond donors (Lipinski definition) is 1. The first kappa shape index (κ1) is 17.3. The van der Waals surface area contributed by atoms with E-state index < -0.39 is 0 Å². The van der Waals surface area contributed by atoms with Gasteiger partial charge in [-0.15, -0.1) is 0 Å². The second kappa shape index (κ2) is 6.90. The maximum atomic E-state index is 12.0. The van der Waals surface area contributed by atoms with Crippen molar-refractivity contribution in [1.29, 1.82) is 0 Å². The Hall–Kier alpha value is -3.09. The van der Waals surface area contributed by atoms with E-state index in [1.165, 1.54) is 6.20 Å². The highest BCUT2D eigenvalue weighted by atomic mass is 16.5. The SMILES string of the molecule is CCOC(=O)C1C2Oc3ccc(COc4ccnc(C(=O)NC)c4)cc3C21. The quantitative estimate of drug-likeness (QED) is 0.786. The average molecular weight is 368 g/mol. The number of nitrogens with zero attached hydrogens (tertiary/aromatic N) is 1. The molecule has 27 heavy (non-hydrogen) atoms. The van der Waals surface area contributed by atoms with Gasteiger partial charge in [-0.1, -0.05) is 6.07 Å². The van der Waals surface area contributed by atoms with E-state index in [-0.39, 0.29) is 29.8 Å². The standard InChI is InChI=1S/C20H20N2O5/c1-3-25-20(24)17-16-13-8-11(4-5-15(13)27-18(16)17)10-26-12-6-7-22-14(9-12)19(23)21-2/h4-9,16-18H,3,10H2,1-2H3,(H,21,23). The number of rotatable bonds is 6. The van der Waals surface area contributed by atoms with E-state index in [9.17, 15) is 9.59 Å². The largest absolute Gasteiger partial charge is 0.489 e. The van der Waals surface area contributed by atoms with Crippen molar-refractivity contribution in [3.8, 4) is 11.5 Å². The number of ether oxygens (including phenoxy) is 3. The van der Waals surface area contributed by atoms with Crippen molar-refractivity contribution in [3.05, 3.63) is 53.3 Å². The van der Waals surface area contributed by atoms with Gasteiger partial charge in [0, 0.05) is 30.8 Å². The summed E-state index contributed by atoms with van der Waals surface area (Å²) in [7, 11) is 1.55. The summed E-state index contributed by atoms with van der Waals surface area (Å²) < 4.78 is 16.7. The lowest BCUT2D eigenvalue weighted by Gasteiger charge is -2.11. The smallest absolute Gasteiger partial charge is 0.313 e. The molecule has 1 aliphatic carbocycles. The Labute approximate surface area is 156 Å². The first-order valence-electron chi connectivity index (χ1n) is 8.89. The van der Waals surface area contributed by atoms with Crippen molar-refractivity contribution in [2.45, 2.75) is 25.6 Å². The lowest BCUT2D eigenvalue weighted by atomic mass is 10.1. The zero-order valence-corrected chi connectivity index (χ0v) is 15.1. The van der Waals surface area contributed by atoms with Gasteiger partial charge in [-0.05, 0) is 30.7 Å². The molecule has 7 heteroatoms. The van der Waals surface area contributed by atoms with Crippen molar-refractivity contribution in [2.75, 3.05) is 13.7 Å². The van der Waals surface area contributed by atoms with E-state index in [4.69, 9.17) is 14.2 Å². The lowest BCUT2D eigenvalue weighted by molar-refractivity contribution is -0.145. The van der Waals surface area contributed by atoms with Crippen LogP contribution in [0.5, 0.6) is 11.5 Å². The molecule has 1 N–H and O–H groups in total. The van der Waals surface area contributed by atoms with Gasteiger partial charge in [0.05, 0.1) is 6.61 Å². The summed E-state index contributed by atoms with van der Waals surface area (Å²) >= 11 is 0. The first-order valence-corrected chi connectivity index (χ1v) is 8.89. The van der Waals surface area contributed by atoms with Crippen molar-refractivity contribution >= 4 is 11.9 Å². The monoisotopic (exact) mass is 368 g/mol. The maximum Gasteiger partial charge on any atom is 0.313 e. The molecule has 0 radical (unpaired) electrons. The van der Waals surface area contributed by atoms with Crippen molar-refractivity contribution in [1.82, 2.24) is 10.3 Å². The van der Waals surface area contributed by atoms with Gasteiger partial charge in [-0.25, -0.2) is 0 Å². The van der Waals surface area contributed by atoms with E-state index in [1.54, 1.807) is 26.1 Å².